The van der Waals surface area contributed by atoms with Crippen molar-refractivity contribution in [2.24, 2.45) is 0 Å². The van der Waals surface area contributed by atoms with E-state index >= 15 is 0 Å². The van der Waals surface area contributed by atoms with Gasteiger partial charge in [-0.05, 0) is 23.3 Å². The molecule has 2 rings (SSSR count). The highest BCUT2D eigenvalue weighted by atomic mass is 35.5. The normalized spacial score (nSPS) is 11.9. The van der Waals surface area contributed by atoms with Crippen molar-refractivity contribution in [3.05, 3.63) is 70.7 Å². The van der Waals surface area contributed by atoms with Crippen LogP contribution in [0.15, 0.2) is 54.6 Å². The minimum absolute atomic E-state index is 0.168. The van der Waals surface area contributed by atoms with Crippen molar-refractivity contribution in [3.63, 3.8) is 0 Å². The monoisotopic (exact) mass is 302 g/mol. The number of hydrogen-bond donors (Lipinski definition) is 0. The van der Waals surface area contributed by atoms with E-state index in [1.165, 1.54) is 0 Å². The van der Waals surface area contributed by atoms with Crippen LogP contribution in [0.2, 0.25) is 5.02 Å². The maximum atomic E-state index is 11.6. The third kappa shape index (κ3) is 5.24. The summed E-state index contributed by atoms with van der Waals surface area (Å²) >= 11 is 6.01. The number of esters is 1. The fourth-order valence-electron chi connectivity index (χ4n) is 2.23. The predicted molar refractivity (Wildman–Crippen MR) is 85.5 cm³/mol. The van der Waals surface area contributed by atoms with Gasteiger partial charge in [0.05, 0.1) is 0 Å². The fraction of sp³-hybridized carbons (Fsp3) is 0.278. The number of carbonyl (C=O) groups is 1. The molecule has 0 saturated carbocycles. The van der Waals surface area contributed by atoms with Gasteiger partial charge in [0.15, 0.2) is 0 Å². The van der Waals surface area contributed by atoms with E-state index in [0.29, 0.717) is 24.3 Å². The quantitative estimate of drug-likeness (QED) is 0.737. The molecule has 0 spiro atoms. The van der Waals surface area contributed by atoms with Crippen molar-refractivity contribution >= 4 is 17.6 Å². The molecule has 0 aromatic heterocycles. The van der Waals surface area contributed by atoms with E-state index in [1.54, 1.807) is 6.92 Å². The van der Waals surface area contributed by atoms with Crippen LogP contribution in [-0.2, 0) is 22.4 Å². The molecule has 2 nitrogen and oxygen atoms in total. The predicted octanol–water partition coefficient (Wildman–Crippen LogP) is 4.45. The molecule has 0 fully saturated rings. The van der Waals surface area contributed by atoms with Crippen LogP contribution in [-0.4, -0.2) is 12.1 Å². The average Bonchev–Trinajstić information content (AvgIpc) is 2.48. The second-order valence-electron chi connectivity index (χ2n) is 4.99. The van der Waals surface area contributed by atoms with E-state index in [0.717, 1.165) is 11.1 Å². The van der Waals surface area contributed by atoms with Crippen molar-refractivity contribution in [2.45, 2.75) is 32.3 Å². The van der Waals surface area contributed by atoms with Crippen LogP contribution in [0, 0.1) is 0 Å². The standard InChI is InChI=1S/C18H19ClO2/c1-2-18(20)21-17(12-14-7-4-3-5-8-14)13-15-9-6-10-16(19)11-15/h3-11,17H,2,12-13H2,1H3. The molecular weight excluding hydrogens is 284 g/mol. The number of benzene rings is 2. The lowest BCUT2D eigenvalue weighted by Crippen LogP contribution is -2.22. The Morgan fingerprint density at radius 3 is 2.38 bits per heavy atom. The summed E-state index contributed by atoms with van der Waals surface area (Å²) in [5, 5.41) is 0.702. The fourth-order valence-corrected chi connectivity index (χ4v) is 2.44. The average molecular weight is 303 g/mol. The second kappa shape index (κ2) is 7.84. The molecule has 110 valence electrons. The topological polar surface area (TPSA) is 26.3 Å². The molecule has 0 bridgehead atoms. The molecule has 2 aromatic carbocycles. The number of halogens is 1. The number of rotatable bonds is 6. The van der Waals surface area contributed by atoms with Gasteiger partial charge in [-0.15, -0.1) is 0 Å². The summed E-state index contributed by atoms with van der Waals surface area (Å²) in [6, 6.07) is 17.7. The van der Waals surface area contributed by atoms with Gasteiger partial charge in [0, 0.05) is 24.3 Å². The van der Waals surface area contributed by atoms with E-state index in [-0.39, 0.29) is 12.1 Å². The van der Waals surface area contributed by atoms with Gasteiger partial charge in [-0.25, -0.2) is 0 Å². The molecule has 0 amide bonds. The first kappa shape index (κ1) is 15.6. The van der Waals surface area contributed by atoms with Gasteiger partial charge in [0.1, 0.15) is 6.10 Å². The van der Waals surface area contributed by atoms with E-state index in [4.69, 9.17) is 16.3 Å². The van der Waals surface area contributed by atoms with Crippen LogP contribution in [0.1, 0.15) is 24.5 Å². The molecule has 0 saturated heterocycles. The zero-order chi connectivity index (χ0) is 15.1. The maximum absolute atomic E-state index is 11.6. The Labute approximate surface area is 130 Å². The first-order valence-electron chi connectivity index (χ1n) is 7.15. The first-order valence-corrected chi connectivity index (χ1v) is 7.53. The summed E-state index contributed by atoms with van der Waals surface area (Å²) in [7, 11) is 0. The maximum Gasteiger partial charge on any atom is 0.305 e. The Balaban J connectivity index is 2.10. The molecule has 0 N–H and O–H groups in total. The lowest BCUT2D eigenvalue weighted by molar-refractivity contribution is -0.148. The molecule has 2 aromatic rings. The third-order valence-electron chi connectivity index (χ3n) is 3.25. The summed E-state index contributed by atoms with van der Waals surface area (Å²) in [5.41, 5.74) is 2.24. The Morgan fingerprint density at radius 2 is 1.71 bits per heavy atom. The van der Waals surface area contributed by atoms with E-state index in [2.05, 4.69) is 0 Å². The molecule has 0 aliphatic heterocycles. The van der Waals surface area contributed by atoms with Crippen molar-refractivity contribution in [2.75, 3.05) is 0 Å². The lowest BCUT2D eigenvalue weighted by atomic mass is 10.0. The van der Waals surface area contributed by atoms with Crippen molar-refractivity contribution in [1.29, 1.82) is 0 Å². The lowest BCUT2D eigenvalue weighted by Gasteiger charge is -2.18. The summed E-state index contributed by atoms with van der Waals surface area (Å²) in [6.45, 7) is 1.81. The summed E-state index contributed by atoms with van der Waals surface area (Å²) < 4.78 is 5.57. The number of carbonyl (C=O) groups excluding carboxylic acids is 1. The Bertz CT molecular complexity index is 581. The van der Waals surface area contributed by atoms with Gasteiger partial charge < -0.3 is 4.74 Å². The Kier molecular flexibility index (Phi) is 5.82. The Hall–Kier alpha value is -1.80. The van der Waals surface area contributed by atoms with Crippen LogP contribution in [0.5, 0.6) is 0 Å². The molecule has 0 heterocycles. The largest absolute Gasteiger partial charge is 0.462 e. The number of hydrogen-bond acceptors (Lipinski definition) is 2. The van der Waals surface area contributed by atoms with Gasteiger partial charge in [-0.3, -0.25) is 4.79 Å². The summed E-state index contributed by atoms with van der Waals surface area (Å²) in [4.78, 5) is 11.6. The second-order valence-corrected chi connectivity index (χ2v) is 5.43. The van der Waals surface area contributed by atoms with E-state index < -0.39 is 0 Å². The van der Waals surface area contributed by atoms with Crippen LogP contribution in [0.25, 0.3) is 0 Å². The minimum atomic E-state index is -0.169. The molecule has 3 heteroatoms. The highest BCUT2D eigenvalue weighted by Crippen LogP contribution is 2.16. The summed E-state index contributed by atoms with van der Waals surface area (Å²) in [6.07, 6.45) is 1.60. The molecular formula is C18H19ClO2. The smallest absolute Gasteiger partial charge is 0.305 e. The van der Waals surface area contributed by atoms with Crippen LogP contribution >= 0.6 is 11.6 Å². The number of ether oxygens (including phenoxy) is 1. The first-order chi connectivity index (χ1) is 10.2. The zero-order valence-corrected chi connectivity index (χ0v) is 12.8. The molecule has 0 aliphatic carbocycles. The van der Waals surface area contributed by atoms with Gasteiger partial charge in [0.25, 0.3) is 0 Å². The SMILES string of the molecule is CCC(=O)OC(Cc1ccccc1)Cc1cccc(Cl)c1. The molecule has 1 atom stereocenters. The molecule has 0 aliphatic rings. The minimum Gasteiger partial charge on any atom is -0.462 e. The zero-order valence-electron chi connectivity index (χ0n) is 12.1. The highest BCUT2D eigenvalue weighted by molar-refractivity contribution is 6.30. The van der Waals surface area contributed by atoms with Crippen molar-refractivity contribution in [3.8, 4) is 0 Å². The summed E-state index contributed by atoms with van der Waals surface area (Å²) in [5.74, 6) is -0.169. The van der Waals surface area contributed by atoms with Gasteiger partial charge >= 0.3 is 5.97 Å². The molecule has 21 heavy (non-hydrogen) atoms. The third-order valence-corrected chi connectivity index (χ3v) is 3.48. The van der Waals surface area contributed by atoms with Crippen molar-refractivity contribution in [1.82, 2.24) is 0 Å². The van der Waals surface area contributed by atoms with E-state index in [1.807, 2.05) is 54.6 Å². The Morgan fingerprint density at radius 1 is 1.05 bits per heavy atom. The molecule has 1 unspecified atom stereocenters. The van der Waals surface area contributed by atoms with Crippen LogP contribution in [0.3, 0.4) is 0 Å². The molecule has 0 radical (unpaired) electrons. The van der Waals surface area contributed by atoms with Gasteiger partial charge in [-0.1, -0.05) is 61.0 Å². The van der Waals surface area contributed by atoms with Crippen LogP contribution in [0.4, 0.5) is 0 Å². The van der Waals surface area contributed by atoms with Crippen LogP contribution < -0.4 is 0 Å². The van der Waals surface area contributed by atoms with Crippen molar-refractivity contribution < 1.29 is 9.53 Å². The highest BCUT2D eigenvalue weighted by Gasteiger charge is 2.15. The van der Waals surface area contributed by atoms with Gasteiger partial charge in [-0.2, -0.15) is 0 Å². The van der Waals surface area contributed by atoms with E-state index in [9.17, 15) is 4.79 Å². The van der Waals surface area contributed by atoms with Gasteiger partial charge in [0.2, 0.25) is 0 Å².